The van der Waals surface area contributed by atoms with Crippen molar-refractivity contribution in [2.45, 2.75) is 31.1 Å². The molecule has 1 N–H and O–H groups in total. The van der Waals surface area contributed by atoms with Gasteiger partial charge in [0.15, 0.2) is 0 Å². The maximum atomic E-state index is 12.8. The molecule has 0 aromatic heterocycles. The Balaban J connectivity index is 1.43. The van der Waals surface area contributed by atoms with Crippen LogP contribution in [0.4, 0.5) is 11.4 Å². The topological polar surface area (TPSA) is 96.0 Å². The van der Waals surface area contributed by atoms with Crippen LogP contribution in [0.15, 0.2) is 47.4 Å². The predicted molar refractivity (Wildman–Crippen MR) is 121 cm³/mol. The van der Waals surface area contributed by atoms with Gasteiger partial charge in [-0.1, -0.05) is 6.07 Å². The fraction of sp³-hybridized carbons (Fsp3) is 0.391. The highest BCUT2D eigenvalue weighted by atomic mass is 32.2. The smallest absolute Gasteiger partial charge is 0.243 e. The molecular weight excluding hydrogens is 430 g/mol. The first-order valence-corrected chi connectivity index (χ1v) is 12.1. The molecule has 2 aliphatic heterocycles. The molecule has 9 heteroatoms. The number of methoxy groups -OCH3 is 1. The summed E-state index contributed by atoms with van der Waals surface area (Å²) in [6, 6.07) is 11.8. The molecule has 0 spiro atoms. The number of ether oxygens (including phenoxy) is 1. The molecule has 2 heterocycles. The van der Waals surface area contributed by atoms with Crippen molar-refractivity contribution in [2.75, 3.05) is 37.0 Å². The average molecular weight is 458 g/mol. The van der Waals surface area contributed by atoms with Crippen LogP contribution in [0, 0.1) is 12.8 Å². The number of hydrogen-bond donors (Lipinski definition) is 1. The summed E-state index contributed by atoms with van der Waals surface area (Å²) in [5.41, 5.74) is 2.14. The van der Waals surface area contributed by atoms with Crippen LogP contribution >= 0.6 is 0 Å². The van der Waals surface area contributed by atoms with Crippen LogP contribution in [0.3, 0.4) is 0 Å². The van der Waals surface area contributed by atoms with E-state index >= 15 is 0 Å². The second kappa shape index (κ2) is 8.91. The number of sulfonamides is 1. The molecule has 2 aliphatic rings. The third-order valence-electron chi connectivity index (χ3n) is 5.95. The van der Waals surface area contributed by atoms with Gasteiger partial charge in [0.2, 0.25) is 21.8 Å². The third-order valence-corrected chi connectivity index (χ3v) is 7.86. The number of nitrogens with zero attached hydrogens (tertiary/aromatic N) is 2. The van der Waals surface area contributed by atoms with E-state index in [1.807, 2.05) is 25.1 Å². The molecule has 0 bridgehead atoms. The van der Waals surface area contributed by atoms with Gasteiger partial charge in [-0.3, -0.25) is 9.59 Å². The molecule has 2 aromatic rings. The number of nitrogens with one attached hydrogen (secondary N) is 1. The number of carbonyl (C=O) groups is 2. The Bertz CT molecular complexity index is 1120. The number of hydrogen-bond acceptors (Lipinski definition) is 5. The number of anilines is 2. The molecule has 2 saturated heterocycles. The van der Waals surface area contributed by atoms with E-state index in [0.717, 1.165) is 18.4 Å². The summed E-state index contributed by atoms with van der Waals surface area (Å²) >= 11 is 0. The first-order valence-electron chi connectivity index (χ1n) is 10.7. The van der Waals surface area contributed by atoms with Gasteiger partial charge in [0.1, 0.15) is 5.75 Å². The molecule has 2 amide bonds. The van der Waals surface area contributed by atoms with E-state index in [1.165, 1.54) is 16.4 Å². The Morgan fingerprint density at radius 1 is 1.09 bits per heavy atom. The van der Waals surface area contributed by atoms with Crippen molar-refractivity contribution in [1.82, 2.24) is 4.31 Å². The Labute approximate surface area is 188 Å². The van der Waals surface area contributed by atoms with Gasteiger partial charge < -0.3 is 15.0 Å². The van der Waals surface area contributed by atoms with E-state index in [9.17, 15) is 18.0 Å². The quantitative estimate of drug-likeness (QED) is 0.720. The highest BCUT2D eigenvalue weighted by molar-refractivity contribution is 7.89. The fourth-order valence-corrected chi connectivity index (χ4v) is 5.68. The van der Waals surface area contributed by atoms with Crippen LogP contribution in [-0.2, 0) is 19.6 Å². The largest absolute Gasteiger partial charge is 0.495 e. The van der Waals surface area contributed by atoms with Gasteiger partial charge in [-0.2, -0.15) is 4.31 Å². The molecule has 2 fully saturated rings. The fourth-order valence-electron chi connectivity index (χ4n) is 4.16. The van der Waals surface area contributed by atoms with Gasteiger partial charge >= 0.3 is 0 Å². The highest BCUT2D eigenvalue weighted by Crippen LogP contribution is 2.34. The molecule has 170 valence electrons. The van der Waals surface area contributed by atoms with Crippen LogP contribution in [0.25, 0.3) is 0 Å². The van der Waals surface area contributed by atoms with Gasteiger partial charge in [-0.25, -0.2) is 8.42 Å². The van der Waals surface area contributed by atoms with Gasteiger partial charge in [0.25, 0.3) is 0 Å². The Morgan fingerprint density at radius 2 is 1.78 bits per heavy atom. The van der Waals surface area contributed by atoms with E-state index in [0.29, 0.717) is 30.2 Å². The van der Waals surface area contributed by atoms with E-state index in [1.54, 1.807) is 24.1 Å². The van der Waals surface area contributed by atoms with E-state index < -0.39 is 15.9 Å². The predicted octanol–water partition coefficient (Wildman–Crippen LogP) is 2.78. The highest BCUT2D eigenvalue weighted by Gasteiger charge is 2.36. The second-order valence-corrected chi connectivity index (χ2v) is 10.1. The van der Waals surface area contributed by atoms with Crippen LogP contribution in [0.2, 0.25) is 0 Å². The molecule has 0 radical (unpaired) electrons. The first-order chi connectivity index (χ1) is 15.3. The summed E-state index contributed by atoms with van der Waals surface area (Å²) in [5, 5.41) is 2.81. The molecule has 1 atom stereocenters. The zero-order valence-electron chi connectivity index (χ0n) is 18.2. The lowest BCUT2D eigenvalue weighted by Gasteiger charge is -2.20. The molecule has 8 nitrogen and oxygen atoms in total. The van der Waals surface area contributed by atoms with E-state index in [4.69, 9.17) is 4.74 Å². The molecular formula is C23H27N3O5S. The number of amides is 2. The zero-order chi connectivity index (χ0) is 22.9. The van der Waals surface area contributed by atoms with Crippen molar-refractivity contribution in [3.8, 4) is 5.75 Å². The first kappa shape index (κ1) is 22.3. The molecule has 4 rings (SSSR count). The number of carbonyl (C=O) groups excluding carboxylic acids is 2. The van der Waals surface area contributed by atoms with E-state index in [-0.39, 0.29) is 29.7 Å². The Kier molecular flexibility index (Phi) is 6.21. The Morgan fingerprint density at radius 3 is 2.44 bits per heavy atom. The van der Waals surface area contributed by atoms with Crippen LogP contribution in [-0.4, -0.2) is 51.3 Å². The number of rotatable bonds is 6. The minimum absolute atomic E-state index is 0.102. The zero-order valence-corrected chi connectivity index (χ0v) is 19.0. The summed E-state index contributed by atoms with van der Waals surface area (Å²) in [6.07, 6.45) is 1.85. The Hall–Kier alpha value is -2.91. The summed E-state index contributed by atoms with van der Waals surface area (Å²) in [4.78, 5) is 27.2. The third kappa shape index (κ3) is 4.35. The van der Waals surface area contributed by atoms with Crippen molar-refractivity contribution >= 4 is 33.2 Å². The lowest BCUT2D eigenvalue weighted by molar-refractivity contribution is -0.122. The minimum atomic E-state index is -3.50. The van der Waals surface area contributed by atoms with E-state index in [2.05, 4.69) is 5.32 Å². The lowest BCUT2D eigenvalue weighted by Crippen LogP contribution is -2.28. The van der Waals surface area contributed by atoms with Gasteiger partial charge in [0.05, 0.1) is 23.6 Å². The van der Waals surface area contributed by atoms with Crippen LogP contribution < -0.4 is 15.0 Å². The van der Waals surface area contributed by atoms with Crippen LogP contribution in [0.1, 0.15) is 24.8 Å². The molecule has 0 saturated carbocycles. The standard InChI is InChI=1S/C23H27N3O5S/c1-16-5-10-21(31-2)20(13-16)26-15-17(14-22(26)27)23(28)24-18-6-8-19(9-7-18)32(29,30)25-11-3-4-12-25/h5-10,13,17H,3-4,11-12,14-15H2,1-2H3,(H,24,28)/t17-/m0/s1. The number of benzene rings is 2. The van der Waals surface area contributed by atoms with Crippen molar-refractivity contribution in [3.05, 3.63) is 48.0 Å². The maximum Gasteiger partial charge on any atom is 0.243 e. The molecule has 0 aliphatic carbocycles. The molecule has 0 unspecified atom stereocenters. The number of aryl methyl sites for hydroxylation is 1. The second-order valence-electron chi connectivity index (χ2n) is 8.21. The van der Waals surface area contributed by atoms with Crippen molar-refractivity contribution < 1.29 is 22.7 Å². The average Bonchev–Trinajstić information content (AvgIpc) is 3.44. The summed E-state index contributed by atoms with van der Waals surface area (Å²) in [6.45, 7) is 3.27. The van der Waals surface area contributed by atoms with Crippen LogP contribution in [0.5, 0.6) is 5.75 Å². The SMILES string of the molecule is COc1ccc(C)cc1N1C[C@@H](C(=O)Nc2ccc(S(=O)(=O)N3CCCC3)cc2)CC1=O. The maximum absolute atomic E-state index is 12.8. The minimum Gasteiger partial charge on any atom is -0.495 e. The summed E-state index contributed by atoms with van der Waals surface area (Å²) in [7, 11) is -1.95. The lowest BCUT2D eigenvalue weighted by atomic mass is 10.1. The summed E-state index contributed by atoms with van der Waals surface area (Å²) in [5.74, 6) is -0.343. The monoisotopic (exact) mass is 457 g/mol. The van der Waals surface area contributed by atoms with Gasteiger partial charge in [-0.15, -0.1) is 0 Å². The van der Waals surface area contributed by atoms with Crippen molar-refractivity contribution in [2.24, 2.45) is 5.92 Å². The van der Waals surface area contributed by atoms with Crippen molar-refractivity contribution in [1.29, 1.82) is 0 Å². The molecule has 32 heavy (non-hydrogen) atoms. The molecule has 2 aromatic carbocycles. The normalized spacial score (nSPS) is 19.4. The summed E-state index contributed by atoms with van der Waals surface area (Å²) < 4.78 is 32.2. The van der Waals surface area contributed by atoms with Gasteiger partial charge in [-0.05, 0) is 61.7 Å². The van der Waals surface area contributed by atoms with Gasteiger partial charge in [0, 0.05) is 31.7 Å². The van der Waals surface area contributed by atoms with Crippen molar-refractivity contribution in [3.63, 3.8) is 0 Å².